The molecular formula is C7H8NS. The quantitative estimate of drug-likeness (QED) is 0.473. The summed E-state index contributed by atoms with van der Waals surface area (Å²) in [7, 11) is 0. The Hall–Kier alpha value is -0.630. The predicted octanol–water partition coefficient (Wildman–Crippen LogP) is 1.79. The first-order valence-corrected chi connectivity index (χ1v) is 3.86. The second-order valence-corrected chi connectivity index (χ2v) is 2.56. The van der Waals surface area contributed by atoms with Gasteiger partial charge in [0.1, 0.15) is 0 Å². The highest BCUT2D eigenvalue weighted by Crippen LogP contribution is 2.15. The molecule has 9 heavy (non-hydrogen) atoms. The highest BCUT2D eigenvalue weighted by molar-refractivity contribution is 7.98. The van der Waals surface area contributed by atoms with Crippen LogP contribution in [0.15, 0.2) is 23.1 Å². The zero-order valence-corrected chi connectivity index (χ0v) is 6.03. The van der Waals surface area contributed by atoms with Gasteiger partial charge < -0.3 is 5.73 Å². The number of benzene rings is 1. The number of thioether (sulfide) groups is 1. The van der Waals surface area contributed by atoms with Crippen LogP contribution in [0.3, 0.4) is 0 Å². The van der Waals surface area contributed by atoms with Crippen LogP contribution in [0.2, 0.25) is 0 Å². The van der Waals surface area contributed by atoms with Gasteiger partial charge in [0.25, 0.3) is 0 Å². The van der Waals surface area contributed by atoms with E-state index in [0.29, 0.717) is 5.69 Å². The molecular weight excluding hydrogens is 130 g/mol. The van der Waals surface area contributed by atoms with E-state index in [1.165, 1.54) is 4.90 Å². The molecule has 1 radical (unpaired) electrons. The van der Waals surface area contributed by atoms with Crippen LogP contribution in [0, 0.1) is 6.07 Å². The number of nitrogens with two attached hydrogens (primary N) is 1. The second-order valence-electron chi connectivity index (χ2n) is 1.68. The molecule has 0 amide bonds. The van der Waals surface area contributed by atoms with Gasteiger partial charge in [-0.15, -0.1) is 11.8 Å². The van der Waals surface area contributed by atoms with Crippen molar-refractivity contribution in [2.75, 3.05) is 12.0 Å². The lowest BCUT2D eigenvalue weighted by atomic mass is 10.3. The molecule has 1 aromatic carbocycles. The Morgan fingerprint density at radius 3 is 2.89 bits per heavy atom. The van der Waals surface area contributed by atoms with Crippen LogP contribution in [0.5, 0.6) is 0 Å². The molecule has 0 atom stereocenters. The Labute approximate surface area is 59.3 Å². The largest absolute Gasteiger partial charge is 0.398 e. The summed E-state index contributed by atoms with van der Waals surface area (Å²) >= 11 is 1.68. The minimum Gasteiger partial charge on any atom is -0.398 e. The molecule has 0 unspecified atom stereocenters. The summed E-state index contributed by atoms with van der Waals surface area (Å²) in [6, 6.07) is 8.60. The van der Waals surface area contributed by atoms with Crippen molar-refractivity contribution in [3.63, 3.8) is 0 Å². The highest BCUT2D eigenvalue weighted by Gasteiger charge is 1.87. The molecule has 0 spiro atoms. The van der Waals surface area contributed by atoms with Crippen molar-refractivity contribution in [1.29, 1.82) is 0 Å². The molecule has 0 fully saturated rings. The van der Waals surface area contributed by atoms with E-state index >= 15 is 0 Å². The number of nitrogen functional groups attached to an aromatic ring is 1. The minimum absolute atomic E-state index is 0.710. The second kappa shape index (κ2) is 2.78. The first-order valence-electron chi connectivity index (χ1n) is 2.64. The molecule has 2 heteroatoms. The maximum atomic E-state index is 5.47. The molecule has 0 saturated carbocycles. The monoisotopic (exact) mass is 138 g/mol. The molecule has 1 nitrogen and oxygen atoms in total. The van der Waals surface area contributed by atoms with E-state index in [1.807, 2.05) is 24.5 Å². The number of hydrogen-bond donors (Lipinski definition) is 1. The van der Waals surface area contributed by atoms with Gasteiger partial charge >= 0.3 is 0 Å². The minimum atomic E-state index is 0.710. The molecule has 0 aliphatic carbocycles. The summed E-state index contributed by atoms with van der Waals surface area (Å²) in [6.07, 6.45) is 2.02. The zero-order chi connectivity index (χ0) is 6.69. The summed E-state index contributed by atoms with van der Waals surface area (Å²) in [6.45, 7) is 0. The van der Waals surface area contributed by atoms with E-state index in [9.17, 15) is 0 Å². The molecule has 0 aliphatic heterocycles. The third-order valence-electron chi connectivity index (χ3n) is 1.03. The first kappa shape index (κ1) is 6.49. The van der Waals surface area contributed by atoms with E-state index in [2.05, 4.69) is 6.07 Å². The molecule has 1 aromatic rings. The summed E-state index contributed by atoms with van der Waals surface area (Å²) < 4.78 is 0. The number of hydrogen-bond acceptors (Lipinski definition) is 2. The van der Waals surface area contributed by atoms with Gasteiger partial charge in [0, 0.05) is 16.6 Å². The lowest BCUT2D eigenvalue weighted by Crippen LogP contribution is -1.82. The van der Waals surface area contributed by atoms with Crippen LogP contribution in [0.1, 0.15) is 0 Å². The third-order valence-corrected chi connectivity index (χ3v) is 1.76. The standard InChI is InChI=1S/C7H8NS/c1-9-7-4-2-3-6(8)5-7/h2,4-5H,8H2,1H3. The van der Waals surface area contributed by atoms with Gasteiger partial charge in [-0.1, -0.05) is 6.07 Å². The molecule has 0 saturated heterocycles. The van der Waals surface area contributed by atoms with E-state index in [4.69, 9.17) is 5.73 Å². The Morgan fingerprint density at radius 1 is 1.67 bits per heavy atom. The average Bonchev–Trinajstić information content (AvgIpc) is 1.88. The van der Waals surface area contributed by atoms with E-state index in [1.54, 1.807) is 11.8 Å². The number of rotatable bonds is 1. The molecule has 0 aliphatic rings. The SMILES string of the molecule is CSc1cc[c]c(N)c1. The summed E-state index contributed by atoms with van der Waals surface area (Å²) in [5, 5.41) is 0. The van der Waals surface area contributed by atoms with Crippen molar-refractivity contribution in [3.8, 4) is 0 Å². The van der Waals surface area contributed by atoms with Crippen LogP contribution in [-0.4, -0.2) is 6.26 Å². The van der Waals surface area contributed by atoms with Crippen LogP contribution in [0.25, 0.3) is 0 Å². The number of anilines is 1. The van der Waals surface area contributed by atoms with E-state index in [-0.39, 0.29) is 0 Å². The third kappa shape index (κ3) is 1.64. The fourth-order valence-electron chi connectivity index (χ4n) is 0.590. The van der Waals surface area contributed by atoms with Crippen molar-refractivity contribution >= 4 is 17.4 Å². The maximum Gasteiger partial charge on any atom is 0.0405 e. The Kier molecular flexibility index (Phi) is 2.01. The topological polar surface area (TPSA) is 26.0 Å². The van der Waals surface area contributed by atoms with Crippen molar-refractivity contribution < 1.29 is 0 Å². The van der Waals surface area contributed by atoms with Crippen molar-refractivity contribution in [3.05, 3.63) is 24.3 Å². The Morgan fingerprint density at radius 2 is 2.44 bits per heavy atom. The summed E-state index contributed by atoms with van der Waals surface area (Å²) in [5.41, 5.74) is 6.18. The van der Waals surface area contributed by atoms with Gasteiger partial charge in [-0.25, -0.2) is 0 Å². The fourth-order valence-corrected chi connectivity index (χ4v) is 1.04. The van der Waals surface area contributed by atoms with Gasteiger partial charge in [0.15, 0.2) is 0 Å². The smallest absolute Gasteiger partial charge is 0.0405 e. The fraction of sp³-hybridized carbons (Fsp3) is 0.143. The molecule has 1 rings (SSSR count). The van der Waals surface area contributed by atoms with Crippen LogP contribution in [-0.2, 0) is 0 Å². The van der Waals surface area contributed by atoms with E-state index in [0.717, 1.165) is 0 Å². The summed E-state index contributed by atoms with van der Waals surface area (Å²) in [5.74, 6) is 0. The lowest BCUT2D eigenvalue weighted by molar-refractivity contribution is 1.46. The van der Waals surface area contributed by atoms with E-state index < -0.39 is 0 Å². The predicted molar refractivity (Wildman–Crippen MR) is 41.5 cm³/mol. The van der Waals surface area contributed by atoms with Gasteiger partial charge in [-0.3, -0.25) is 0 Å². The Bertz CT molecular complexity index is 198. The molecule has 0 bridgehead atoms. The van der Waals surface area contributed by atoms with Gasteiger partial charge in [-0.05, 0) is 18.4 Å². The van der Waals surface area contributed by atoms with Gasteiger partial charge in [0.2, 0.25) is 0 Å². The highest BCUT2D eigenvalue weighted by atomic mass is 32.2. The molecule has 0 aromatic heterocycles. The van der Waals surface area contributed by atoms with Gasteiger partial charge in [0.05, 0.1) is 0 Å². The van der Waals surface area contributed by atoms with Crippen LogP contribution >= 0.6 is 11.8 Å². The molecule has 47 valence electrons. The molecule has 2 N–H and O–H groups in total. The normalized spacial score (nSPS) is 9.44. The lowest BCUT2D eigenvalue weighted by Gasteiger charge is -1.94. The van der Waals surface area contributed by atoms with Crippen molar-refractivity contribution in [2.45, 2.75) is 4.90 Å². The maximum absolute atomic E-state index is 5.47. The molecule has 0 heterocycles. The van der Waals surface area contributed by atoms with Gasteiger partial charge in [-0.2, -0.15) is 0 Å². The Balaban J connectivity index is 2.94. The van der Waals surface area contributed by atoms with Crippen molar-refractivity contribution in [2.24, 2.45) is 0 Å². The van der Waals surface area contributed by atoms with Crippen molar-refractivity contribution in [1.82, 2.24) is 0 Å². The first-order chi connectivity index (χ1) is 4.33. The average molecular weight is 138 g/mol. The van der Waals surface area contributed by atoms with Crippen LogP contribution in [0.4, 0.5) is 5.69 Å². The van der Waals surface area contributed by atoms with Crippen LogP contribution < -0.4 is 5.73 Å². The zero-order valence-electron chi connectivity index (χ0n) is 5.22. The summed E-state index contributed by atoms with van der Waals surface area (Å²) in [4.78, 5) is 1.19.